The maximum atomic E-state index is 13.6. The van der Waals surface area contributed by atoms with E-state index in [-0.39, 0.29) is 6.61 Å². The molecule has 0 heterocycles. The van der Waals surface area contributed by atoms with Crippen molar-refractivity contribution in [3.8, 4) is 0 Å². The number of halogens is 15. The number of aliphatic hydroxyl groups excluding tert-OH is 1. The third-order valence-electron chi connectivity index (χ3n) is 4.21. The Morgan fingerprint density at radius 2 is 1.08 bits per heavy atom. The lowest BCUT2D eigenvalue weighted by molar-refractivity contribution is -0.513. The summed E-state index contributed by atoms with van der Waals surface area (Å²) in [6.45, 7) is -4.93. The number of benzene rings is 1. The van der Waals surface area contributed by atoms with Crippen LogP contribution in [0, 0.1) is 0 Å². The molecule has 0 aromatic heterocycles. The number of hydrogen-bond acceptors (Lipinski definition) is 4. The molecule has 216 valence electrons. The molecule has 0 saturated heterocycles. The van der Waals surface area contributed by atoms with E-state index in [0.29, 0.717) is 5.56 Å². The highest BCUT2D eigenvalue weighted by molar-refractivity contribution is 5.13. The second kappa shape index (κ2) is 11.0. The highest BCUT2D eigenvalue weighted by atomic mass is 19.4. The van der Waals surface area contributed by atoms with Crippen molar-refractivity contribution in [3.05, 3.63) is 35.9 Å². The molecule has 37 heavy (non-hydrogen) atoms. The predicted molar refractivity (Wildman–Crippen MR) is 89.7 cm³/mol. The fourth-order valence-electron chi connectivity index (χ4n) is 2.21. The molecule has 0 bridgehead atoms. The molecule has 1 aromatic carbocycles. The quantitative estimate of drug-likeness (QED) is 0.279. The zero-order valence-corrected chi connectivity index (χ0v) is 17.6. The summed E-state index contributed by atoms with van der Waals surface area (Å²) in [5, 5.41) is 9.47. The molecule has 0 amide bonds. The van der Waals surface area contributed by atoms with E-state index >= 15 is 0 Å². The van der Waals surface area contributed by atoms with Crippen LogP contribution in [0.25, 0.3) is 0 Å². The van der Waals surface area contributed by atoms with E-state index < -0.39 is 68.0 Å². The SMILES string of the molecule is OC(COCc1ccccc1)COCC(F)(F)C(F)(F)C(F)(F)OC(F)(F)C(F)(F)C(F)(F)C(F)(F)F. The molecule has 0 fully saturated rings. The van der Waals surface area contributed by atoms with Crippen molar-refractivity contribution in [2.24, 2.45) is 0 Å². The van der Waals surface area contributed by atoms with Gasteiger partial charge in [-0.15, -0.1) is 0 Å². The van der Waals surface area contributed by atoms with E-state index in [9.17, 15) is 71.0 Å². The summed E-state index contributed by atoms with van der Waals surface area (Å²) in [6.07, 6.45) is -24.6. The van der Waals surface area contributed by atoms with E-state index in [1.807, 2.05) is 0 Å². The molecule has 0 aliphatic rings. The van der Waals surface area contributed by atoms with Gasteiger partial charge >= 0.3 is 42.1 Å². The number of rotatable bonds is 14. The summed E-state index contributed by atoms with van der Waals surface area (Å²) in [5.41, 5.74) is 0.569. The third-order valence-corrected chi connectivity index (χ3v) is 4.21. The molecule has 1 rings (SSSR count). The number of aliphatic hydroxyl groups is 1. The Bertz CT molecular complexity index is 858. The Labute approximate surface area is 196 Å². The van der Waals surface area contributed by atoms with Crippen LogP contribution in [0.5, 0.6) is 0 Å². The summed E-state index contributed by atoms with van der Waals surface area (Å²) in [6, 6.07) is 7.97. The van der Waals surface area contributed by atoms with Crippen LogP contribution >= 0.6 is 0 Å². The van der Waals surface area contributed by atoms with E-state index in [1.165, 1.54) is 4.74 Å². The van der Waals surface area contributed by atoms with E-state index in [2.05, 4.69) is 4.74 Å². The Balaban J connectivity index is 2.83. The second-order valence-electron chi connectivity index (χ2n) is 7.23. The maximum Gasteiger partial charge on any atom is 0.460 e. The number of ether oxygens (including phenoxy) is 3. The van der Waals surface area contributed by atoms with Crippen LogP contribution in [-0.2, 0) is 20.8 Å². The van der Waals surface area contributed by atoms with Crippen molar-refractivity contribution in [2.75, 3.05) is 19.8 Å². The fourth-order valence-corrected chi connectivity index (χ4v) is 2.21. The summed E-state index contributed by atoms with van der Waals surface area (Å²) >= 11 is 0. The molecule has 1 unspecified atom stereocenters. The Hall–Kier alpha value is -1.99. The van der Waals surface area contributed by atoms with Crippen molar-refractivity contribution in [2.45, 2.75) is 54.8 Å². The van der Waals surface area contributed by atoms with E-state index in [1.54, 1.807) is 30.3 Å². The average Bonchev–Trinajstić information content (AvgIpc) is 2.72. The minimum Gasteiger partial charge on any atom is -0.388 e. The molecule has 4 nitrogen and oxygen atoms in total. The highest BCUT2D eigenvalue weighted by Gasteiger charge is 2.86. The van der Waals surface area contributed by atoms with Crippen molar-refractivity contribution >= 4 is 0 Å². The standard InChI is InChI=1S/C18H15F15O4/c19-12(20,9-36-8-11(34)7-35-6-10-4-2-1-3-5-10)13(21,22)17(30,31)37-18(32,33)15(25,26)14(23,24)16(27,28)29/h1-5,11,34H,6-9H2. The zero-order valence-electron chi connectivity index (χ0n) is 17.6. The highest BCUT2D eigenvalue weighted by Crippen LogP contribution is 2.56. The van der Waals surface area contributed by atoms with Gasteiger partial charge in [-0.25, -0.2) is 4.74 Å². The topological polar surface area (TPSA) is 47.9 Å². The van der Waals surface area contributed by atoms with Crippen molar-refractivity contribution in [1.29, 1.82) is 0 Å². The van der Waals surface area contributed by atoms with Gasteiger partial charge in [-0.3, -0.25) is 0 Å². The molecule has 19 heteroatoms. The van der Waals surface area contributed by atoms with Crippen LogP contribution in [0.2, 0.25) is 0 Å². The van der Waals surface area contributed by atoms with E-state index in [4.69, 9.17) is 4.74 Å². The molecule has 0 spiro atoms. The fraction of sp³-hybridized carbons (Fsp3) is 0.667. The Morgan fingerprint density at radius 3 is 1.57 bits per heavy atom. The summed E-state index contributed by atoms with van der Waals surface area (Å²) in [5.74, 6) is -29.3. The van der Waals surface area contributed by atoms with Gasteiger partial charge in [0, 0.05) is 0 Å². The van der Waals surface area contributed by atoms with Gasteiger partial charge in [0.05, 0.1) is 19.8 Å². The molecule has 0 radical (unpaired) electrons. The lowest BCUT2D eigenvalue weighted by atomic mass is 10.1. The second-order valence-corrected chi connectivity index (χ2v) is 7.23. The molecule has 1 aromatic rings. The Morgan fingerprint density at radius 1 is 0.622 bits per heavy atom. The van der Waals surface area contributed by atoms with Gasteiger partial charge in [0.25, 0.3) is 0 Å². The summed E-state index contributed by atoms with van der Waals surface area (Å²) in [4.78, 5) is 0. The largest absolute Gasteiger partial charge is 0.460 e. The predicted octanol–water partition coefficient (Wildman–Crippen LogP) is 5.89. The minimum absolute atomic E-state index is 0.137. The molecule has 1 N–H and O–H groups in total. The van der Waals surface area contributed by atoms with Crippen LogP contribution in [0.3, 0.4) is 0 Å². The first-order valence-corrected chi connectivity index (χ1v) is 9.34. The van der Waals surface area contributed by atoms with Gasteiger partial charge in [0.1, 0.15) is 12.7 Å². The molecular formula is C18H15F15O4. The number of hydrogen-bond donors (Lipinski definition) is 1. The molecule has 0 aliphatic carbocycles. The van der Waals surface area contributed by atoms with E-state index in [0.717, 1.165) is 0 Å². The van der Waals surface area contributed by atoms with Gasteiger partial charge in [-0.1, -0.05) is 30.3 Å². The van der Waals surface area contributed by atoms with Gasteiger partial charge < -0.3 is 14.6 Å². The van der Waals surface area contributed by atoms with Crippen LogP contribution in [0.15, 0.2) is 30.3 Å². The molecule has 0 saturated carbocycles. The smallest absolute Gasteiger partial charge is 0.388 e. The molecule has 0 aliphatic heterocycles. The lowest BCUT2D eigenvalue weighted by Gasteiger charge is -2.37. The zero-order chi connectivity index (χ0) is 29.1. The normalized spacial score (nSPS) is 15.7. The first-order valence-electron chi connectivity index (χ1n) is 9.34. The Kier molecular flexibility index (Phi) is 9.83. The lowest BCUT2D eigenvalue weighted by Crippen LogP contribution is -2.66. The van der Waals surface area contributed by atoms with Crippen molar-refractivity contribution in [3.63, 3.8) is 0 Å². The third kappa shape index (κ3) is 7.11. The first kappa shape index (κ1) is 33.0. The summed E-state index contributed by atoms with van der Waals surface area (Å²) in [7, 11) is 0. The average molecular weight is 580 g/mol. The maximum absolute atomic E-state index is 13.6. The van der Waals surface area contributed by atoms with Gasteiger partial charge in [0.2, 0.25) is 0 Å². The van der Waals surface area contributed by atoms with Gasteiger partial charge in [-0.05, 0) is 5.56 Å². The van der Waals surface area contributed by atoms with Gasteiger partial charge in [0.15, 0.2) is 0 Å². The molecule has 1 atom stereocenters. The van der Waals surface area contributed by atoms with Crippen molar-refractivity contribution in [1.82, 2.24) is 0 Å². The first-order chi connectivity index (χ1) is 16.4. The summed E-state index contributed by atoms with van der Waals surface area (Å²) < 4.78 is 205. The molecular weight excluding hydrogens is 565 g/mol. The van der Waals surface area contributed by atoms with Crippen LogP contribution < -0.4 is 0 Å². The monoisotopic (exact) mass is 580 g/mol. The van der Waals surface area contributed by atoms with Crippen LogP contribution in [0.1, 0.15) is 5.56 Å². The number of alkyl halides is 15. The minimum atomic E-state index is -7.95. The van der Waals surface area contributed by atoms with Crippen LogP contribution in [-0.4, -0.2) is 73.1 Å². The van der Waals surface area contributed by atoms with Crippen LogP contribution in [0.4, 0.5) is 65.9 Å². The van der Waals surface area contributed by atoms with Crippen molar-refractivity contribution < 1.29 is 85.2 Å². The van der Waals surface area contributed by atoms with Gasteiger partial charge in [-0.2, -0.15) is 65.9 Å².